The number of fused-ring (bicyclic) bond motifs is 3. The molecular formula is C19H16Cl2Zr. The van der Waals surface area contributed by atoms with Crippen molar-refractivity contribution in [2.45, 2.75) is 13.3 Å². The van der Waals surface area contributed by atoms with Crippen LogP contribution in [-0.2, 0) is 32.6 Å². The number of benzene rings is 2. The summed E-state index contributed by atoms with van der Waals surface area (Å²) >= 11 is 0. The van der Waals surface area contributed by atoms with Gasteiger partial charge in [0.2, 0.25) is 0 Å². The molecule has 4 rings (SSSR count). The van der Waals surface area contributed by atoms with Gasteiger partial charge in [-0.2, -0.15) is 42.0 Å². The van der Waals surface area contributed by atoms with Gasteiger partial charge in [-0.1, -0.05) is 42.3 Å². The van der Waals surface area contributed by atoms with Gasteiger partial charge in [-0.25, -0.2) is 12.1 Å². The van der Waals surface area contributed by atoms with Gasteiger partial charge in [0.05, 0.1) is 0 Å². The summed E-state index contributed by atoms with van der Waals surface area (Å²) in [4.78, 5) is 0. The van der Waals surface area contributed by atoms with Crippen LogP contribution in [0.25, 0.3) is 11.1 Å². The number of rotatable bonds is 0. The predicted octanol–water partition coefficient (Wildman–Crippen LogP) is -1.22. The number of aryl methyl sites for hydroxylation is 1. The summed E-state index contributed by atoms with van der Waals surface area (Å²) in [5.41, 5.74) is 6.96. The molecule has 0 saturated heterocycles. The van der Waals surface area contributed by atoms with Gasteiger partial charge in [0, 0.05) is 0 Å². The van der Waals surface area contributed by atoms with Crippen molar-refractivity contribution in [3.8, 4) is 11.1 Å². The maximum Gasteiger partial charge on any atom is 4.00 e. The van der Waals surface area contributed by atoms with Crippen LogP contribution in [0.4, 0.5) is 0 Å². The van der Waals surface area contributed by atoms with Crippen molar-refractivity contribution in [2.24, 2.45) is 0 Å². The third kappa shape index (κ3) is 4.62. The van der Waals surface area contributed by atoms with Crippen LogP contribution in [0.5, 0.6) is 0 Å². The van der Waals surface area contributed by atoms with Crippen molar-refractivity contribution in [1.29, 1.82) is 0 Å². The second-order valence-electron chi connectivity index (χ2n) is 4.81. The maximum atomic E-state index is 3.34. The fourth-order valence-electron chi connectivity index (χ4n) is 2.60. The molecule has 0 bridgehead atoms. The van der Waals surface area contributed by atoms with Crippen molar-refractivity contribution in [2.75, 3.05) is 0 Å². The molecule has 0 aliphatic heterocycles. The van der Waals surface area contributed by atoms with Gasteiger partial charge in [0.15, 0.2) is 0 Å². The summed E-state index contributed by atoms with van der Waals surface area (Å²) in [6, 6.07) is 26.1. The molecule has 3 aromatic carbocycles. The molecule has 0 N–H and O–H groups in total. The Morgan fingerprint density at radius 3 is 2.27 bits per heavy atom. The summed E-state index contributed by atoms with van der Waals surface area (Å²) in [6.45, 7) is 2.18. The smallest absolute Gasteiger partial charge is 1.00 e. The molecule has 22 heavy (non-hydrogen) atoms. The number of halogens is 2. The SMILES string of the molecule is Cc1cc[c-]c2c1-c1ccccc1C2.[Cl-].[Cl-].[Zr+4].c1cc[cH-]c1. The molecule has 0 atom stereocenters. The van der Waals surface area contributed by atoms with Gasteiger partial charge in [-0.15, -0.1) is 11.1 Å². The molecule has 1 aliphatic carbocycles. The molecule has 3 aromatic rings. The van der Waals surface area contributed by atoms with Gasteiger partial charge < -0.3 is 24.8 Å². The van der Waals surface area contributed by atoms with Crippen molar-refractivity contribution >= 4 is 0 Å². The maximum absolute atomic E-state index is 3.34. The standard InChI is InChI=1S/C14H11.C5H5.2ClH.Zr/c1-10-5-4-7-12-9-11-6-2-3-8-13(11)14(10)12;1-2-4-5-3-1;;;/h2-6,8H,9H2,1H3;1-5H;2*1H;/q2*-1;;;+4/p-2. The first-order valence-corrected chi connectivity index (χ1v) is 6.61. The molecule has 0 aromatic heterocycles. The molecule has 0 radical (unpaired) electrons. The Hall–Kier alpha value is -0.747. The Bertz CT molecular complexity index is 658. The summed E-state index contributed by atoms with van der Waals surface area (Å²) in [6.07, 6.45) is 1.05. The molecule has 0 amide bonds. The van der Waals surface area contributed by atoms with E-state index >= 15 is 0 Å². The second kappa shape index (κ2) is 10.1. The molecule has 0 heterocycles. The average Bonchev–Trinajstić information content (AvgIpc) is 3.10. The monoisotopic (exact) mass is 404 g/mol. The van der Waals surface area contributed by atoms with Crippen LogP contribution in [-0.4, -0.2) is 0 Å². The number of hydrogen-bond donors (Lipinski definition) is 0. The second-order valence-corrected chi connectivity index (χ2v) is 4.81. The Labute approximate surface area is 164 Å². The molecule has 0 nitrogen and oxygen atoms in total. The first-order chi connectivity index (χ1) is 9.36. The molecule has 0 spiro atoms. The van der Waals surface area contributed by atoms with E-state index in [1.807, 2.05) is 36.4 Å². The van der Waals surface area contributed by atoms with E-state index in [-0.39, 0.29) is 51.0 Å². The van der Waals surface area contributed by atoms with Crippen molar-refractivity contribution in [1.82, 2.24) is 0 Å². The molecule has 0 saturated carbocycles. The van der Waals surface area contributed by atoms with Crippen LogP contribution in [0.1, 0.15) is 16.7 Å². The molecule has 110 valence electrons. The van der Waals surface area contributed by atoms with E-state index in [2.05, 4.69) is 43.3 Å². The van der Waals surface area contributed by atoms with Crippen molar-refractivity contribution < 1.29 is 51.0 Å². The van der Waals surface area contributed by atoms with E-state index in [1.54, 1.807) is 0 Å². The van der Waals surface area contributed by atoms with E-state index in [1.165, 1.54) is 27.8 Å². The summed E-state index contributed by atoms with van der Waals surface area (Å²) in [7, 11) is 0. The Morgan fingerprint density at radius 1 is 0.955 bits per heavy atom. The first-order valence-electron chi connectivity index (χ1n) is 6.61. The Morgan fingerprint density at radius 2 is 1.64 bits per heavy atom. The van der Waals surface area contributed by atoms with Gasteiger partial charge in [0.25, 0.3) is 0 Å². The van der Waals surface area contributed by atoms with Gasteiger partial charge in [-0.3, -0.25) is 0 Å². The topological polar surface area (TPSA) is 0 Å². The molecule has 0 unspecified atom stereocenters. The van der Waals surface area contributed by atoms with E-state index in [4.69, 9.17) is 0 Å². The van der Waals surface area contributed by atoms with Crippen molar-refractivity contribution in [3.63, 3.8) is 0 Å². The third-order valence-electron chi connectivity index (χ3n) is 3.50. The molecular weight excluding hydrogens is 390 g/mol. The third-order valence-corrected chi connectivity index (χ3v) is 3.50. The Balaban J connectivity index is 0.000000482. The zero-order valence-electron chi connectivity index (χ0n) is 12.3. The number of hydrogen-bond acceptors (Lipinski definition) is 0. The van der Waals surface area contributed by atoms with Gasteiger partial charge in [0.1, 0.15) is 0 Å². The van der Waals surface area contributed by atoms with Crippen LogP contribution in [0.3, 0.4) is 0 Å². The van der Waals surface area contributed by atoms with Crippen LogP contribution in [0.2, 0.25) is 0 Å². The van der Waals surface area contributed by atoms with E-state index in [0.29, 0.717) is 0 Å². The minimum atomic E-state index is 0. The largest absolute Gasteiger partial charge is 4.00 e. The van der Waals surface area contributed by atoms with Crippen LogP contribution >= 0.6 is 0 Å². The van der Waals surface area contributed by atoms with E-state index in [9.17, 15) is 0 Å². The summed E-state index contributed by atoms with van der Waals surface area (Å²) in [5, 5.41) is 0. The van der Waals surface area contributed by atoms with Gasteiger partial charge in [-0.05, 0) is 6.42 Å². The van der Waals surface area contributed by atoms with Crippen LogP contribution in [0, 0.1) is 13.0 Å². The average molecular weight is 406 g/mol. The fourth-order valence-corrected chi connectivity index (χ4v) is 2.60. The first kappa shape index (κ1) is 21.3. The normalized spacial score (nSPS) is 9.68. The molecule has 0 fully saturated rings. The van der Waals surface area contributed by atoms with Crippen LogP contribution in [0.15, 0.2) is 66.7 Å². The van der Waals surface area contributed by atoms with Crippen molar-refractivity contribution in [3.05, 3.63) is 89.5 Å². The minimum absolute atomic E-state index is 0. The van der Waals surface area contributed by atoms with E-state index < -0.39 is 0 Å². The minimum Gasteiger partial charge on any atom is -1.00 e. The van der Waals surface area contributed by atoms with Gasteiger partial charge >= 0.3 is 26.2 Å². The Kier molecular flexibility index (Phi) is 9.76. The van der Waals surface area contributed by atoms with E-state index in [0.717, 1.165) is 6.42 Å². The summed E-state index contributed by atoms with van der Waals surface area (Å²) in [5.74, 6) is 0. The fraction of sp³-hybridized carbons (Fsp3) is 0.105. The summed E-state index contributed by atoms with van der Waals surface area (Å²) < 4.78 is 0. The zero-order valence-corrected chi connectivity index (χ0v) is 16.3. The molecule has 3 heteroatoms. The predicted molar refractivity (Wildman–Crippen MR) is 80.3 cm³/mol. The zero-order chi connectivity index (χ0) is 13.1. The molecule has 1 aliphatic rings. The quantitative estimate of drug-likeness (QED) is 0.321. The van der Waals surface area contributed by atoms with Crippen LogP contribution < -0.4 is 24.8 Å².